The van der Waals surface area contributed by atoms with Crippen molar-refractivity contribution in [2.24, 2.45) is 0 Å². The van der Waals surface area contributed by atoms with Crippen molar-refractivity contribution in [3.8, 4) is 0 Å². The lowest BCUT2D eigenvalue weighted by Gasteiger charge is -2.32. The normalized spacial score (nSPS) is 15.7. The molecule has 1 aliphatic heterocycles. The largest absolute Gasteiger partial charge is 0.342 e. The lowest BCUT2D eigenvalue weighted by atomic mass is 10.0. The second kappa shape index (κ2) is 8.19. The molecule has 0 saturated carbocycles. The van der Waals surface area contributed by atoms with Gasteiger partial charge in [-0.1, -0.05) is 29.8 Å². The number of hydrogen-bond donors (Lipinski definition) is 1. The summed E-state index contributed by atoms with van der Waals surface area (Å²) in [6, 6.07) is 12.5. The summed E-state index contributed by atoms with van der Waals surface area (Å²) in [6.45, 7) is 2.87. The third-order valence-corrected chi connectivity index (χ3v) is 6.28. The predicted molar refractivity (Wildman–Crippen MR) is 101 cm³/mol. The Labute approximate surface area is 159 Å². The van der Waals surface area contributed by atoms with Crippen LogP contribution in [0.3, 0.4) is 0 Å². The summed E-state index contributed by atoms with van der Waals surface area (Å²) in [5.74, 6) is -0.426. The van der Waals surface area contributed by atoms with Gasteiger partial charge in [-0.25, -0.2) is 17.5 Å². The van der Waals surface area contributed by atoms with E-state index in [2.05, 4.69) is 4.72 Å². The molecular formula is C20H23FN2O3S. The van der Waals surface area contributed by atoms with Crippen LogP contribution in [0.25, 0.3) is 0 Å². The molecule has 5 nitrogen and oxygen atoms in total. The topological polar surface area (TPSA) is 66.5 Å². The number of hydrogen-bond acceptors (Lipinski definition) is 3. The van der Waals surface area contributed by atoms with Gasteiger partial charge >= 0.3 is 0 Å². The van der Waals surface area contributed by atoms with E-state index in [0.29, 0.717) is 31.5 Å². The molecule has 27 heavy (non-hydrogen) atoms. The van der Waals surface area contributed by atoms with Crippen LogP contribution < -0.4 is 4.72 Å². The van der Waals surface area contributed by atoms with E-state index in [9.17, 15) is 17.6 Å². The highest BCUT2D eigenvalue weighted by Gasteiger charge is 2.26. The SMILES string of the molecule is Cc1ccc(S(=O)(=O)NC2CCN(C(=O)Cc3cccc(F)c3)CC2)cc1. The van der Waals surface area contributed by atoms with Crippen molar-refractivity contribution in [3.63, 3.8) is 0 Å². The number of amides is 1. The van der Waals surface area contributed by atoms with Crippen LogP contribution in [0.1, 0.15) is 24.0 Å². The van der Waals surface area contributed by atoms with Crippen molar-refractivity contribution >= 4 is 15.9 Å². The molecule has 144 valence electrons. The van der Waals surface area contributed by atoms with Crippen LogP contribution >= 0.6 is 0 Å². The Kier molecular flexibility index (Phi) is 5.92. The summed E-state index contributed by atoms with van der Waals surface area (Å²) in [6.07, 6.45) is 1.26. The quantitative estimate of drug-likeness (QED) is 0.854. The second-order valence-corrected chi connectivity index (χ2v) is 8.61. The smallest absolute Gasteiger partial charge is 0.240 e. The molecular weight excluding hydrogens is 367 g/mol. The summed E-state index contributed by atoms with van der Waals surface area (Å²) in [5, 5.41) is 0. The fourth-order valence-electron chi connectivity index (χ4n) is 3.18. The molecule has 0 radical (unpaired) electrons. The predicted octanol–water partition coefficient (Wildman–Crippen LogP) is 2.65. The minimum atomic E-state index is -3.56. The summed E-state index contributed by atoms with van der Waals surface area (Å²) in [5.41, 5.74) is 1.64. The molecule has 1 N–H and O–H groups in total. The third kappa shape index (κ3) is 5.14. The number of nitrogens with zero attached hydrogens (tertiary/aromatic N) is 1. The van der Waals surface area contributed by atoms with Gasteiger partial charge < -0.3 is 4.90 Å². The molecule has 0 unspecified atom stereocenters. The molecule has 0 atom stereocenters. The molecule has 1 fully saturated rings. The Hall–Kier alpha value is -2.25. The first-order valence-electron chi connectivity index (χ1n) is 8.95. The minimum Gasteiger partial charge on any atom is -0.342 e. The number of aryl methyl sites for hydroxylation is 1. The average Bonchev–Trinajstić information content (AvgIpc) is 2.62. The third-order valence-electron chi connectivity index (χ3n) is 4.75. The number of sulfonamides is 1. The van der Waals surface area contributed by atoms with Gasteiger partial charge in [-0.15, -0.1) is 0 Å². The monoisotopic (exact) mass is 390 g/mol. The molecule has 2 aromatic carbocycles. The maximum absolute atomic E-state index is 13.2. The number of carbonyl (C=O) groups is 1. The second-order valence-electron chi connectivity index (χ2n) is 6.90. The van der Waals surface area contributed by atoms with E-state index in [1.54, 1.807) is 41.3 Å². The number of rotatable bonds is 5. The molecule has 1 saturated heterocycles. The number of nitrogens with one attached hydrogen (secondary N) is 1. The van der Waals surface area contributed by atoms with Gasteiger partial charge in [-0.3, -0.25) is 4.79 Å². The van der Waals surface area contributed by atoms with Gasteiger partial charge in [0.1, 0.15) is 5.82 Å². The maximum Gasteiger partial charge on any atom is 0.240 e. The van der Waals surface area contributed by atoms with Crippen LogP contribution in [0.4, 0.5) is 4.39 Å². The zero-order valence-electron chi connectivity index (χ0n) is 15.2. The van der Waals surface area contributed by atoms with E-state index in [0.717, 1.165) is 5.56 Å². The Morgan fingerprint density at radius 2 is 1.81 bits per heavy atom. The van der Waals surface area contributed by atoms with Crippen LogP contribution in [0.5, 0.6) is 0 Å². The van der Waals surface area contributed by atoms with Crippen LogP contribution in [0.2, 0.25) is 0 Å². The fourth-order valence-corrected chi connectivity index (χ4v) is 4.49. The summed E-state index contributed by atoms with van der Waals surface area (Å²) >= 11 is 0. The van der Waals surface area contributed by atoms with Gasteiger partial charge in [-0.2, -0.15) is 0 Å². The summed E-state index contributed by atoms with van der Waals surface area (Å²) in [4.78, 5) is 14.3. The Balaban J connectivity index is 1.54. The number of halogens is 1. The average molecular weight is 390 g/mol. The molecule has 0 aromatic heterocycles. The van der Waals surface area contributed by atoms with Crippen LogP contribution in [0.15, 0.2) is 53.4 Å². The Bertz CT molecular complexity index is 905. The number of piperidine rings is 1. The van der Waals surface area contributed by atoms with Gasteiger partial charge in [0.15, 0.2) is 0 Å². The molecule has 7 heteroatoms. The van der Waals surface area contributed by atoms with E-state index in [4.69, 9.17) is 0 Å². The maximum atomic E-state index is 13.2. The minimum absolute atomic E-state index is 0.0690. The van der Waals surface area contributed by atoms with E-state index in [-0.39, 0.29) is 29.1 Å². The van der Waals surface area contributed by atoms with E-state index in [1.807, 2.05) is 6.92 Å². The molecule has 2 aromatic rings. The zero-order valence-corrected chi connectivity index (χ0v) is 16.0. The summed E-state index contributed by atoms with van der Waals surface area (Å²) < 4.78 is 40.9. The lowest BCUT2D eigenvalue weighted by molar-refractivity contribution is -0.131. The Morgan fingerprint density at radius 3 is 2.44 bits per heavy atom. The van der Waals surface area contributed by atoms with Crippen LogP contribution in [-0.2, 0) is 21.2 Å². The fraction of sp³-hybridized carbons (Fsp3) is 0.350. The standard InChI is InChI=1S/C20H23FN2O3S/c1-15-5-7-19(8-6-15)27(25,26)22-18-9-11-23(12-10-18)20(24)14-16-3-2-4-17(21)13-16/h2-8,13,18,22H,9-12,14H2,1H3. The van der Waals surface area contributed by atoms with Crippen molar-refractivity contribution in [2.75, 3.05) is 13.1 Å². The van der Waals surface area contributed by atoms with Gasteiger partial charge in [-0.05, 0) is 49.6 Å². The zero-order chi connectivity index (χ0) is 19.4. The number of carbonyl (C=O) groups excluding carboxylic acids is 1. The van der Waals surface area contributed by atoms with Gasteiger partial charge in [0, 0.05) is 19.1 Å². The molecule has 1 aliphatic rings. The van der Waals surface area contributed by atoms with Gasteiger partial charge in [0.25, 0.3) is 0 Å². The molecule has 1 heterocycles. The number of likely N-dealkylation sites (tertiary alicyclic amines) is 1. The first-order chi connectivity index (χ1) is 12.8. The van der Waals surface area contributed by atoms with E-state index >= 15 is 0 Å². The van der Waals surface area contributed by atoms with Crippen molar-refractivity contribution in [1.29, 1.82) is 0 Å². The first kappa shape index (κ1) is 19.5. The van der Waals surface area contributed by atoms with E-state index < -0.39 is 10.0 Å². The Morgan fingerprint density at radius 1 is 1.15 bits per heavy atom. The summed E-state index contributed by atoms with van der Waals surface area (Å²) in [7, 11) is -3.56. The van der Waals surface area contributed by atoms with Crippen LogP contribution in [-0.4, -0.2) is 38.4 Å². The van der Waals surface area contributed by atoms with Gasteiger partial charge in [0.05, 0.1) is 11.3 Å². The van der Waals surface area contributed by atoms with Crippen molar-refractivity contribution in [3.05, 3.63) is 65.5 Å². The van der Waals surface area contributed by atoms with E-state index in [1.165, 1.54) is 12.1 Å². The highest BCUT2D eigenvalue weighted by molar-refractivity contribution is 7.89. The molecule has 0 spiro atoms. The van der Waals surface area contributed by atoms with Crippen molar-refractivity contribution in [1.82, 2.24) is 9.62 Å². The molecule has 3 rings (SSSR count). The highest BCUT2D eigenvalue weighted by Crippen LogP contribution is 2.17. The van der Waals surface area contributed by atoms with Crippen LogP contribution in [0, 0.1) is 12.7 Å². The first-order valence-corrected chi connectivity index (χ1v) is 10.4. The van der Waals surface area contributed by atoms with Crippen molar-refractivity contribution < 1.29 is 17.6 Å². The molecule has 0 bridgehead atoms. The number of benzene rings is 2. The van der Waals surface area contributed by atoms with Crippen molar-refractivity contribution in [2.45, 2.75) is 37.1 Å². The highest BCUT2D eigenvalue weighted by atomic mass is 32.2. The molecule has 0 aliphatic carbocycles. The molecule has 1 amide bonds. The lowest BCUT2D eigenvalue weighted by Crippen LogP contribution is -2.46. The van der Waals surface area contributed by atoms with Gasteiger partial charge in [0.2, 0.25) is 15.9 Å².